The molecule has 1 heterocycles. The molecule has 0 saturated heterocycles. The monoisotopic (exact) mass is 372 g/mol. The summed E-state index contributed by atoms with van der Waals surface area (Å²) >= 11 is 1.51. The summed E-state index contributed by atoms with van der Waals surface area (Å²) in [7, 11) is 0. The van der Waals surface area contributed by atoms with Crippen molar-refractivity contribution in [1.29, 1.82) is 0 Å². The molecule has 2 amide bonds. The summed E-state index contributed by atoms with van der Waals surface area (Å²) in [5, 5.41) is 6.36. The molecule has 2 aromatic rings. The second-order valence-electron chi connectivity index (χ2n) is 5.83. The Morgan fingerprint density at radius 3 is 2.23 bits per heavy atom. The van der Waals surface area contributed by atoms with Crippen LogP contribution >= 0.6 is 11.8 Å². The van der Waals surface area contributed by atoms with E-state index in [1.165, 1.54) is 11.8 Å². The van der Waals surface area contributed by atoms with Crippen LogP contribution in [0.5, 0.6) is 0 Å². The van der Waals surface area contributed by atoms with Gasteiger partial charge in [0.25, 0.3) is 5.91 Å². The molecule has 0 aliphatic heterocycles. The molecule has 0 aliphatic carbocycles. The number of aryl methyl sites for hydroxylation is 2. The van der Waals surface area contributed by atoms with Gasteiger partial charge in [-0.1, -0.05) is 30.0 Å². The van der Waals surface area contributed by atoms with Crippen molar-refractivity contribution in [2.75, 3.05) is 19.3 Å². The molecular weight excluding hydrogens is 348 g/mol. The van der Waals surface area contributed by atoms with Gasteiger partial charge in [0, 0.05) is 36.5 Å². The molecule has 138 valence electrons. The topological polar surface area (TPSA) is 84.0 Å². The zero-order valence-electron chi connectivity index (χ0n) is 15.3. The smallest absolute Gasteiger partial charge is 0.251 e. The number of carbonyl (C=O) groups is 2. The van der Waals surface area contributed by atoms with E-state index < -0.39 is 0 Å². The van der Waals surface area contributed by atoms with Gasteiger partial charge in [-0.25, -0.2) is 9.97 Å². The lowest BCUT2D eigenvalue weighted by Gasteiger charge is -2.10. The fourth-order valence-corrected chi connectivity index (χ4v) is 3.01. The van der Waals surface area contributed by atoms with Gasteiger partial charge in [-0.15, -0.1) is 0 Å². The quantitative estimate of drug-likeness (QED) is 0.422. The van der Waals surface area contributed by atoms with E-state index in [4.69, 9.17) is 0 Å². The van der Waals surface area contributed by atoms with Gasteiger partial charge >= 0.3 is 0 Å². The minimum absolute atomic E-state index is 0.0493. The Labute approximate surface area is 158 Å². The molecule has 7 heteroatoms. The first-order valence-electron chi connectivity index (χ1n) is 8.49. The molecule has 1 aromatic heterocycles. The van der Waals surface area contributed by atoms with Gasteiger partial charge in [-0.3, -0.25) is 9.59 Å². The highest BCUT2D eigenvalue weighted by molar-refractivity contribution is 7.98. The zero-order valence-corrected chi connectivity index (χ0v) is 16.2. The fraction of sp³-hybridized carbons (Fsp3) is 0.368. The van der Waals surface area contributed by atoms with Crippen molar-refractivity contribution >= 4 is 23.6 Å². The predicted octanol–water partition coefficient (Wildman–Crippen LogP) is 2.29. The molecule has 0 atom stereocenters. The summed E-state index contributed by atoms with van der Waals surface area (Å²) in [6.45, 7) is 4.68. The summed E-state index contributed by atoms with van der Waals surface area (Å²) in [4.78, 5) is 32.7. The maximum atomic E-state index is 12.0. The van der Waals surface area contributed by atoms with Crippen LogP contribution in [-0.4, -0.2) is 41.1 Å². The third-order valence-electron chi connectivity index (χ3n) is 3.95. The van der Waals surface area contributed by atoms with Gasteiger partial charge in [0.15, 0.2) is 5.16 Å². The number of nitrogens with zero attached hydrogens (tertiary/aromatic N) is 2. The van der Waals surface area contributed by atoms with Gasteiger partial charge in [0.2, 0.25) is 5.91 Å². The van der Waals surface area contributed by atoms with E-state index in [1.54, 1.807) is 12.1 Å². The molecule has 0 radical (unpaired) electrons. The normalized spacial score (nSPS) is 10.4. The van der Waals surface area contributed by atoms with Crippen LogP contribution in [0.3, 0.4) is 0 Å². The first kappa shape index (κ1) is 19.9. The number of rotatable bonds is 8. The summed E-state index contributed by atoms with van der Waals surface area (Å²) in [6.07, 6.45) is 2.92. The highest BCUT2D eigenvalue weighted by Crippen LogP contribution is 2.16. The van der Waals surface area contributed by atoms with Gasteiger partial charge in [0.1, 0.15) is 0 Å². The number of aromatic nitrogens is 2. The Kier molecular flexibility index (Phi) is 7.59. The minimum Gasteiger partial charge on any atom is -0.354 e. The van der Waals surface area contributed by atoms with Crippen LogP contribution in [0.15, 0.2) is 35.5 Å². The lowest BCUT2D eigenvalue weighted by atomic mass is 10.1. The van der Waals surface area contributed by atoms with Crippen LogP contribution in [0, 0.1) is 13.8 Å². The van der Waals surface area contributed by atoms with Gasteiger partial charge < -0.3 is 10.6 Å². The van der Waals surface area contributed by atoms with E-state index in [0.29, 0.717) is 31.5 Å². The summed E-state index contributed by atoms with van der Waals surface area (Å²) in [5.74, 6) is -0.191. The fourth-order valence-electron chi connectivity index (χ4n) is 2.56. The number of hydrogen-bond acceptors (Lipinski definition) is 5. The maximum Gasteiger partial charge on any atom is 0.251 e. The molecule has 2 N–H and O–H groups in total. The van der Waals surface area contributed by atoms with Gasteiger partial charge in [0.05, 0.1) is 0 Å². The molecule has 1 aromatic carbocycles. The van der Waals surface area contributed by atoms with E-state index in [2.05, 4.69) is 20.6 Å². The Balaban J connectivity index is 1.72. The van der Waals surface area contributed by atoms with E-state index in [1.807, 2.05) is 38.3 Å². The SMILES string of the molecule is CSc1nc(C)c(CCC(=O)NCCNC(=O)c2ccccc2)c(C)n1. The third-order valence-corrected chi connectivity index (χ3v) is 4.50. The molecule has 0 bridgehead atoms. The highest BCUT2D eigenvalue weighted by atomic mass is 32.2. The molecule has 0 saturated carbocycles. The Morgan fingerprint density at radius 2 is 1.62 bits per heavy atom. The Morgan fingerprint density at radius 1 is 1.00 bits per heavy atom. The molecule has 26 heavy (non-hydrogen) atoms. The number of carbonyl (C=O) groups excluding carboxylic acids is 2. The minimum atomic E-state index is -0.142. The van der Waals surface area contributed by atoms with E-state index in [9.17, 15) is 9.59 Å². The van der Waals surface area contributed by atoms with Crippen molar-refractivity contribution in [3.05, 3.63) is 52.8 Å². The molecule has 6 nitrogen and oxygen atoms in total. The van der Waals surface area contributed by atoms with Crippen LogP contribution in [0.25, 0.3) is 0 Å². The summed E-state index contributed by atoms with van der Waals surface area (Å²) in [6, 6.07) is 9.00. The largest absolute Gasteiger partial charge is 0.354 e. The van der Waals surface area contributed by atoms with E-state index in [-0.39, 0.29) is 11.8 Å². The first-order valence-corrected chi connectivity index (χ1v) is 9.71. The van der Waals surface area contributed by atoms with Crippen molar-refractivity contribution in [2.45, 2.75) is 31.8 Å². The molecule has 0 aliphatic rings. The van der Waals surface area contributed by atoms with Gasteiger partial charge in [-0.2, -0.15) is 0 Å². The molecular formula is C19H24N4O2S. The first-order chi connectivity index (χ1) is 12.5. The van der Waals surface area contributed by atoms with Crippen molar-refractivity contribution in [1.82, 2.24) is 20.6 Å². The molecule has 0 spiro atoms. The van der Waals surface area contributed by atoms with E-state index in [0.717, 1.165) is 22.1 Å². The second-order valence-corrected chi connectivity index (χ2v) is 6.60. The standard InChI is InChI=1S/C19H24N4O2S/c1-13-16(14(2)23-19(22-13)26-3)9-10-17(24)20-11-12-21-18(25)15-7-5-4-6-8-15/h4-8H,9-12H2,1-3H3,(H,20,24)(H,21,25). The third kappa shape index (κ3) is 5.84. The lowest BCUT2D eigenvalue weighted by Crippen LogP contribution is -2.34. The number of nitrogens with one attached hydrogen (secondary N) is 2. The van der Waals surface area contributed by atoms with Crippen LogP contribution < -0.4 is 10.6 Å². The van der Waals surface area contributed by atoms with Gasteiger partial charge in [-0.05, 0) is 44.2 Å². The number of amides is 2. The molecule has 0 fully saturated rings. The summed E-state index contributed by atoms with van der Waals surface area (Å²) < 4.78 is 0. The van der Waals surface area contributed by atoms with Crippen molar-refractivity contribution in [3.63, 3.8) is 0 Å². The number of thioether (sulfide) groups is 1. The van der Waals surface area contributed by atoms with Crippen molar-refractivity contribution in [3.8, 4) is 0 Å². The molecule has 0 unspecified atom stereocenters. The number of benzene rings is 1. The predicted molar refractivity (Wildman–Crippen MR) is 103 cm³/mol. The molecule has 2 rings (SSSR count). The number of hydrogen-bond donors (Lipinski definition) is 2. The average molecular weight is 372 g/mol. The van der Waals surface area contributed by atoms with Crippen LogP contribution in [0.1, 0.15) is 33.7 Å². The zero-order chi connectivity index (χ0) is 18.9. The maximum absolute atomic E-state index is 12.0. The Hall–Kier alpha value is -2.41. The van der Waals surface area contributed by atoms with E-state index >= 15 is 0 Å². The van der Waals surface area contributed by atoms with Crippen molar-refractivity contribution < 1.29 is 9.59 Å². The van der Waals surface area contributed by atoms with Crippen LogP contribution in [-0.2, 0) is 11.2 Å². The van der Waals surface area contributed by atoms with Crippen LogP contribution in [0.4, 0.5) is 0 Å². The van der Waals surface area contributed by atoms with Crippen LogP contribution in [0.2, 0.25) is 0 Å². The summed E-state index contributed by atoms with van der Waals surface area (Å²) in [5.41, 5.74) is 3.48. The highest BCUT2D eigenvalue weighted by Gasteiger charge is 2.10. The average Bonchev–Trinajstić information content (AvgIpc) is 2.64. The second kappa shape index (κ2) is 9.91. The lowest BCUT2D eigenvalue weighted by molar-refractivity contribution is -0.121. The Bertz CT molecular complexity index is 742. The van der Waals surface area contributed by atoms with Crippen molar-refractivity contribution in [2.24, 2.45) is 0 Å².